The molecule has 0 bridgehead atoms. The van der Waals surface area contributed by atoms with Crippen LogP contribution < -0.4 is 0 Å². The molecule has 1 aliphatic carbocycles. The Hall–Kier alpha value is -0.780. The van der Waals surface area contributed by atoms with Gasteiger partial charge in [-0.1, -0.05) is 36.7 Å². The fourth-order valence-electron chi connectivity index (χ4n) is 3.20. The third-order valence-corrected chi connectivity index (χ3v) is 5.83. The summed E-state index contributed by atoms with van der Waals surface area (Å²) < 4.78 is 5.53. The van der Waals surface area contributed by atoms with Gasteiger partial charge in [0, 0.05) is 11.9 Å². The molecule has 1 amide bonds. The number of rotatable bonds is 5. The van der Waals surface area contributed by atoms with E-state index in [9.17, 15) is 14.7 Å². The monoisotopic (exact) mass is 375 g/mol. The average molecular weight is 376 g/mol. The Morgan fingerprint density at radius 1 is 1.27 bits per heavy atom. The van der Waals surface area contributed by atoms with Gasteiger partial charge in [0.2, 0.25) is 0 Å². The zero-order valence-corrected chi connectivity index (χ0v) is 15.2. The van der Waals surface area contributed by atoms with Gasteiger partial charge in [-0.25, -0.2) is 9.59 Å². The first kappa shape index (κ1) is 17.6. The molecular weight excluding hydrogens is 350 g/mol. The van der Waals surface area contributed by atoms with E-state index >= 15 is 0 Å². The van der Waals surface area contributed by atoms with Gasteiger partial charge in [0.15, 0.2) is 0 Å². The largest absolute Gasteiger partial charge is 0.465 e. The lowest BCUT2D eigenvalue weighted by molar-refractivity contribution is -0.159. The predicted molar refractivity (Wildman–Crippen MR) is 87.2 cm³/mol. The lowest BCUT2D eigenvalue weighted by Crippen LogP contribution is -2.55. The number of nitrogens with zero attached hydrogens (tertiary/aromatic N) is 1. The van der Waals surface area contributed by atoms with Gasteiger partial charge in [0.1, 0.15) is 5.54 Å². The van der Waals surface area contributed by atoms with Crippen molar-refractivity contribution in [1.29, 1.82) is 0 Å². The fourth-order valence-corrected chi connectivity index (χ4v) is 3.96. The quantitative estimate of drug-likeness (QED) is 0.588. The number of likely N-dealkylation sites (tertiary alicyclic amines) is 1. The van der Waals surface area contributed by atoms with Crippen molar-refractivity contribution in [2.75, 3.05) is 18.5 Å². The summed E-state index contributed by atoms with van der Waals surface area (Å²) >= 11 is 3.52. The van der Waals surface area contributed by atoms with E-state index < -0.39 is 11.6 Å². The number of carboxylic acid groups (broad SMARTS) is 1. The van der Waals surface area contributed by atoms with Crippen molar-refractivity contribution in [3.8, 4) is 0 Å². The number of halogens is 1. The minimum Gasteiger partial charge on any atom is -0.465 e. The maximum atomic E-state index is 12.8. The average Bonchev–Trinajstić information content (AvgIpc) is 3.05. The summed E-state index contributed by atoms with van der Waals surface area (Å²) in [4.78, 5) is 25.8. The van der Waals surface area contributed by atoms with Gasteiger partial charge in [0.05, 0.1) is 6.61 Å². The molecule has 2 fully saturated rings. The molecule has 0 radical (unpaired) electrons. The molecular formula is C16H26BrNO4. The van der Waals surface area contributed by atoms with Crippen molar-refractivity contribution < 1.29 is 19.4 Å². The van der Waals surface area contributed by atoms with Crippen LogP contribution in [0.5, 0.6) is 0 Å². The summed E-state index contributed by atoms with van der Waals surface area (Å²) in [6, 6.07) is 0. The molecule has 0 aromatic rings. The van der Waals surface area contributed by atoms with Gasteiger partial charge in [-0.3, -0.25) is 4.90 Å². The van der Waals surface area contributed by atoms with E-state index in [0.29, 0.717) is 26.0 Å². The Labute approximate surface area is 140 Å². The number of alkyl halides is 1. The number of ether oxygens (including phenoxy) is 1. The molecule has 0 aromatic heterocycles. The van der Waals surface area contributed by atoms with Crippen molar-refractivity contribution in [1.82, 2.24) is 4.90 Å². The van der Waals surface area contributed by atoms with Crippen LogP contribution in [-0.4, -0.2) is 46.1 Å². The van der Waals surface area contributed by atoms with Crippen LogP contribution in [0.15, 0.2) is 0 Å². The van der Waals surface area contributed by atoms with Gasteiger partial charge < -0.3 is 9.84 Å². The lowest BCUT2D eigenvalue weighted by Gasteiger charge is -2.37. The van der Waals surface area contributed by atoms with Crippen LogP contribution >= 0.6 is 15.9 Å². The lowest BCUT2D eigenvalue weighted by atomic mass is 9.83. The maximum absolute atomic E-state index is 12.8. The van der Waals surface area contributed by atoms with Crippen molar-refractivity contribution in [2.45, 2.75) is 58.4 Å². The zero-order chi connectivity index (χ0) is 16.6. The summed E-state index contributed by atoms with van der Waals surface area (Å²) in [5.74, 6) is -0.366. The van der Waals surface area contributed by atoms with E-state index in [1.165, 1.54) is 4.90 Å². The minimum absolute atomic E-state index is 0.0544. The Kier molecular flexibility index (Phi) is 4.81. The highest BCUT2D eigenvalue weighted by molar-refractivity contribution is 9.09. The number of carbonyl (C=O) groups excluding carboxylic acids is 1. The van der Waals surface area contributed by atoms with Gasteiger partial charge in [0.25, 0.3) is 0 Å². The SMILES string of the molecule is CC(C)(C)COC(=O)C1(CC2(CBr)CC2)CCCN1C(=O)O. The summed E-state index contributed by atoms with van der Waals surface area (Å²) in [6.45, 7) is 6.72. The van der Waals surface area contributed by atoms with Crippen molar-refractivity contribution >= 4 is 28.0 Å². The van der Waals surface area contributed by atoms with Crippen LogP contribution in [0.4, 0.5) is 4.79 Å². The predicted octanol–water partition coefficient (Wildman–Crippen LogP) is 3.65. The first-order chi connectivity index (χ1) is 10.1. The number of hydrogen-bond donors (Lipinski definition) is 1. The van der Waals surface area contributed by atoms with Gasteiger partial charge in [-0.05, 0) is 42.9 Å². The van der Waals surface area contributed by atoms with Crippen LogP contribution in [0.2, 0.25) is 0 Å². The molecule has 1 saturated heterocycles. The molecule has 2 aliphatic rings. The Bertz CT molecular complexity index is 456. The highest BCUT2D eigenvalue weighted by Gasteiger charge is 2.58. The molecule has 0 spiro atoms. The second-order valence-electron chi connectivity index (χ2n) is 8.02. The number of hydrogen-bond acceptors (Lipinski definition) is 3. The van der Waals surface area contributed by atoms with E-state index in [2.05, 4.69) is 15.9 Å². The van der Waals surface area contributed by atoms with E-state index in [1.54, 1.807) is 0 Å². The van der Waals surface area contributed by atoms with Crippen molar-refractivity contribution in [3.63, 3.8) is 0 Å². The number of amides is 1. The molecule has 1 N–H and O–H groups in total. The second kappa shape index (κ2) is 6.02. The molecule has 2 rings (SSSR count). The minimum atomic E-state index is -1.02. The Morgan fingerprint density at radius 2 is 1.91 bits per heavy atom. The van der Waals surface area contributed by atoms with E-state index in [4.69, 9.17) is 4.74 Å². The standard InChI is InChI=1S/C16H26BrNO4/c1-14(2,3)11-22-12(19)16(9-15(10-17)6-7-15)5-4-8-18(16)13(20)21/h4-11H2,1-3H3,(H,20,21). The Morgan fingerprint density at radius 3 is 2.36 bits per heavy atom. The van der Waals surface area contributed by atoms with Crippen LogP contribution in [0.3, 0.4) is 0 Å². The normalized spacial score (nSPS) is 26.8. The third-order valence-electron chi connectivity index (χ3n) is 4.64. The fraction of sp³-hybridized carbons (Fsp3) is 0.875. The molecule has 126 valence electrons. The maximum Gasteiger partial charge on any atom is 0.408 e. The number of carbonyl (C=O) groups is 2. The zero-order valence-electron chi connectivity index (χ0n) is 13.7. The molecule has 6 heteroatoms. The van der Waals surface area contributed by atoms with Crippen LogP contribution in [-0.2, 0) is 9.53 Å². The molecule has 0 aromatic carbocycles. The van der Waals surface area contributed by atoms with Crippen LogP contribution in [0.1, 0.15) is 52.9 Å². The first-order valence-electron chi connectivity index (χ1n) is 7.88. The molecule has 5 nitrogen and oxygen atoms in total. The Balaban J connectivity index is 2.21. The molecule has 1 saturated carbocycles. The van der Waals surface area contributed by atoms with E-state index in [-0.39, 0.29) is 16.8 Å². The highest BCUT2D eigenvalue weighted by atomic mass is 79.9. The molecule has 1 aliphatic heterocycles. The van der Waals surface area contributed by atoms with E-state index in [1.807, 2.05) is 20.8 Å². The van der Waals surface area contributed by atoms with Crippen molar-refractivity contribution in [3.05, 3.63) is 0 Å². The van der Waals surface area contributed by atoms with Gasteiger partial charge in [-0.2, -0.15) is 0 Å². The molecule has 22 heavy (non-hydrogen) atoms. The first-order valence-corrected chi connectivity index (χ1v) is 9.00. The van der Waals surface area contributed by atoms with Gasteiger partial charge >= 0.3 is 12.1 Å². The smallest absolute Gasteiger partial charge is 0.408 e. The van der Waals surface area contributed by atoms with Gasteiger partial charge in [-0.15, -0.1) is 0 Å². The molecule has 1 unspecified atom stereocenters. The van der Waals surface area contributed by atoms with Crippen molar-refractivity contribution in [2.24, 2.45) is 10.8 Å². The van der Waals surface area contributed by atoms with Crippen LogP contribution in [0, 0.1) is 10.8 Å². The summed E-state index contributed by atoms with van der Waals surface area (Å²) in [6.07, 6.45) is 2.92. The van der Waals surface area contributed by atoms with E-state index in [0.717, 1.165) is 24.6 Å². The van der Waals surface area contributed by atoms with Crippen LogP contribution in [0.25, 0.3) is 0 Å². The summed E-state index contributed by atoms with van der Waals surface area (Å²) in [5.41, 5.74) is -1.07. The third kappa shape index (κ3) is 3.58. The number of esters is 1. The molecule has 1 atom stereocenters. The topological polar surface area (TPSA) is 66.8 Å². The molecule has 1 heterocycles. The summed E-state index contributed by atoms with van der Waals surface area (Å²) in [7, 11) is 0. The highest BCUT2D eigenvalue weighted by Crippen LogP contribution is 2.55. The second-order valence-corrected chi connectivity index (χ2v) is 8.58. The summed E-state index contributed by atoms with van der Waals surface area (Å²) in [5, 5.41) is 10.3.